The first kappa shape index (κ1) is 11.5. The third-order valence-corrected chi connectivity index (χ3v) is 4.03. The summed E-state index contributed by atoms with van der Waals surface area (Å²) in [5.74, 6) is 0.671. The molecule has 0 spiro atoms. The molecule has 1 N–H and O–H groups in total. The number of nitrogens with zero attached hydrogens (tertiary/aromatic N) is 2. The van der Waals surface area contributed by atoms with Crippen molar-refractivity contribution in [2.45, 2.75) is 45.4 Å². The average Bonchev–Trinajstić information content (AvgIpc) is 2.87. The fourth-order valence-corrected chi connectivity index (χ4v) is 2.66. The zero-order chi connectivity index (χ0) is 11.5. The van der Waals surface area contributed by atoms with E-state index in [0.717, 1.165) is 17.8 Å². The summed E-state index contributed by atoms with van der Waals surface area (Å²) in [5.41, 5.74) is 0. The number of carbonyl (C=O) groups is 1. The summed E-state index contributed by atoms with van der Waals surface area (Å²) >= 11 is 1.47. The third-order valence-electron chi connectivity index (χ3n) is 2.89. The number of hydrogen-bond acceptors (Lipinski definition) is 4. The van der Waals surface area contributed by atoms with Crippen molar-refractivity contribution < 1.29 is 4.79 Å². The Labute approximate surface area is 99.5 Å². The molecule has 1 heterocycles. The van der Waals surface area contributed by atoms with Gasteiger partial charge in [-0.05, 0) is 12.8 Å². The summed E-state index contributed by atoms with van der Waals surface area (Å²) in [5, 5.41) is 12.5. The monoisotopic (exact) mass is 239 g/mol. The van der Waals surface area contributed by atoms with Crippen LogP contribution in [0.4, 0.5) is 5.13 Å². The molecular weight excluding hydrogens is 222 g/mol. The normalized spacial score (nSPS) is 16.9. The Kier molecular flexibility index (Phi) is 3.53. The quantitative estimate of drug-likeness (QED) is 0.882. The fraction of sp³-hybridized carbons (Fsp3) is 0.727. The van der Waals surface area contributed by atoms with E-state index in [1.165, 1.54) is 24.2 Å². The van der Waals surface area contributed by atoms with Gasteiger partial charge in [-0.1, -0.05) is 38.0 Å². The SMILES string of the molecule is CC(C)c1nnc(NC(=O)C2CCCC2)s1. The standard InChI is InChI=1S/C11H17N3OS/c1-7(2)10-13-14-11(16-10)12-9(15)8-5-3-4-6-8/h7-8H,3-6H2,1-2H3,(H,12,14,15). The van der Waals surface area contributed by atoms with E-state index in [0.29, 0.717) is 11.0 Å². The third kappa shape index (κ3) is 2.58. The van der Waals surface area contributed by atoms with Crippen molar-refractivity contribution in [1.82, 2.24) is 10.2 Å². The maximum atomic E-state index is 11.8. The molecule has 1 amide bonds. The molecule has 0 aliphatic heterocycles. The molecule has 0 unspecified atom stereocenters. The molecular formula is C11H17N3OS. The number of nitrogens with one attached hydrogen (secondary N) is 1. The Morgan fingerprint density at radius 2 is 2.06 bits per heavy atom. The van der Waals surface area contributed by atoms with Gasteiger partial charge < -0.3 is 5.32 Å². The Morgan fingerprint density at radius 1 is 1.38 bits per heavy atom. The number of carbonyl (C=O) groups excluding carboxylic acids is 1. The van der Waals surface area contributed by atoms with Crippen molar-refractivity contribution in [3.05, 3.63) is 5.01 Å². The van der Waals surface area contributed by atoms with Crippen LogP contribution in [0, 0.1) is 5.92 Å². The molecule has 1 aromatic heterocycles. The second-order valence-corrected chi connectivity index (χ2v) is 5.58. The predicted molar refractivity (Wildman–Crippen MR) is 64.6 cm³/mol. The molecule has 1 aliphatic rings. The van der Waals surface area contributed by atoms with Crippen molar-refractivity contribution in [3.63, 3.8) is 0 Å². The lowest BCUT2D eigenvalue weighted by molar-refractivity contribution is -0.119. The van der Waals surface area contributed by atoms with Crippen LogP contribution >= 0.6 is 11.3 Å². The van der Waals surface area contributed by atoms with E-state index in [9.17, 15) is 4.79 Å². The van der Waals surface area contributed by atoms with Crippen molar-refractivity contribution in [3.8, 4) is 0 Å². The Morgan fingerprint density at radius 3 is 2.62 bits per heavy atom. The zero-order valence-electron chi connectivity index (χ0n) is 9.69. The second kappa shape index (κ2) is 4.91. The van der Waals surface area contributed by atoms with Crippen LogP contribution in [-0.2, 0) is 4.79 Å². The molecule has 4 nitrogen and oxygen atoms in total. The van der Waals surface area contributed by atoms with Crippen LogP contribution in [0.5, 0.6) is 0 Å². The lowest BCUT2D eigenvalue weighted by atomic mass is 10.1. The minimum absolute atomic E-state index is 0.115. The van der Waals surface area contributed by atoms with Gasteiger partial charge in [-0.25, -0.2) is 0 Å². The highest BCUT2D eigenvalue weighted by Gasteiger charge is 2.23. The highest BCUT2D eigenvalue weighted by Crippen LogP contribution is 2.27. The Bertz CT molecular complexity index is 369. The Hall–Kier alpha value is -0.970. The summed E-state index contributed by atoms with van der Waals surface area (Å²) in [6.07, 6.45) is 4.38. The van der Waals surface area contributed by atoms with E-state index in [-0.39, 0.29) is 11.8 Å². The van der Waals surface area contributed by atoms with Crippen LogP contribution in [0.1, 0.15) is 50.5 Å². The van der Waals surface area contributed by atoms with Gasteiger partial charge in [0.2, 0.25) is 11.0 Å². The largest absolute Gasteiger partial charge is 0.300 e. The molecule has 0 saturated heterocycles. The van der Waals surface area contributed by atoms with Crippen molar-refractivity contribution >= 4 is 22.4 Å². The molecule has 0 aromatic carbocycles. The van der Waals surface area contributed by atoms with Crippen molar-refractivity contribution in [2.75, 3.05) is 5.32 Å². The number of amides is 1. The zero-order valence-corrected chi connectivity index (χ0v) is 10.5. The molecule has 1 fully saturated rings. The number of rotatable bonds is 3. The van der Waals surface area contributed by atoms with Gasteiger partial charge in [0.05, 0.1) is 0 Å². The Balaban J connectivity index is 1.95. The van der Waals surface area contributed by atoms with E-state index in [2.05, 4.69) is 29.4 Å². The van der Waals surface area contributed by atoms with Crippen LogP contribution in [0.25, 0.3) is 0 Å². The van der Waals surface area contributed by atoms with Gasteiger partial charge in [-0.15, -0.1) is 10.2 Å². The second-order valence-electron chi connectivity index (χ2n) is 4.57. The van der Waals surface area contributed by atoms with E-state index in [1.54, 1.807) is 0 Å². The van der Waals surface area contributed by atoms with Crippen LogP contribution in [0.3, 0.4) is 0 Å². The fourth-order valence-electron chi connectivity index (χ4n) is 1.91. The minimum Gasteiger partial charge on any atom is -0.300 e. The smallest absolute Gasteiger partial charge is 0.229 e. The molecule has 1 saturated carbocycles. The molecule has 0 atom stereocenters. The molecule has 2 rings (SSSR count). The maximum Gasteiger partial charge on any atom is 0.229 e. The summed E-state index contributed by atoms with van der Waals surface area (Å²) in [6.45, 7) is 4.15. The number of hydrogen-bond donors (Lipinski definition) is 1. The average molecular weight is 239 g/mol. The van der Waals surface area contributed by atoms with Crippen molar-refractivity contribution in [2.24, 2.45) is 5.92 Å². The molecule has 1 aromatic rings. The first-order valence-corrected chi connectivity index (χ1v) is 6.62. The minimum atomic E-state index is 0.115. The summed E-state index contributed by atoms with van der Waals surface area (Å²) in [6, 6.07) is 0. The van der Waals surface area contributed by atoms with Gasteiger partial charge >= 0.3 is 0 Å². The highest BCUT2D eigenvalue weighted by atomic mass is 32.1. The van der Waals surface area contributed by atoms with Crippen LogP contribution < -0.4 is 5.32 Å². The van der Waals surface area contributed by atoms with Gasteiger partial charge in [0.1, 0.15) is 5.01 Å². The summed E-state index contributed by atoms with van der Waals surface area (Å²) < 4.78 is 0. The van der Waals surface area contributed by atoms with Gasteiger partial charge in [-0.3, -0.25) is 4.79 Å². The summed E-state index contributed by atoms with van der Waals surface area (Å²) in [7, 11) is 0. The first-order valence-electron chi connectivity index (χ1n) is 5.81. The predicted octanol–water partition coefficient (Wildman–Crippen LogP) is 2.79. The van der Waals surface area contributed by atoms with Gasteiger partial charge in [0.25, 0.3) is 0 Å². The topological polar surface area (TPSA) is 54.9 Å². The van der Waals surface area contributed by atoms with E-state index in [1.807, 2.05) is 0 Å². The molecule has 5 heteroatoms. The van der Waals surface area contributed by atoms with Crippen LogP contribution in [0.15, 0.2) is 0 Å². The lowest BCUT2D eigenvalue weighted by Crippen LogP contribution is -2.20. The molecule has 16 heavy (non-hydrogen) atoms. The molecule has 0 radical (unpaired) electrons. The van der Waals surface area contributed by atoms with Crippen LogP contribution in [0.2, 0.25) is 0 Å². The molecule has 1 aliphatic carbocycles. The van der Waals surface area contributed by atoms with Gasteiger partial charge in [0.15, 0.2) is 0 Å². The van der Waals surface area contributed by atoms with Gasteiger partial charge in [0, 0.05) is 11.8 Å². The molecule has 0 bridgehead atoms. The molecule has 88 valence electrons. The highest BCUT2D eigenvalue weighted by molar-refractivity contribution is 7.15. The van der Waals surface area contributed by atoms with Gasteiger partial charge in [-0.2, -0.15) is 0 Å². The maximum absolute atomic E-state index is 11.8. The number of anilines is 1. The summed E-state index contributed by atoms with van der Waals surface area (Å²) in [4.78, 5) is 11.8. The van der Waals surface area contributed by atoms with E-state index >= 15 is 0 Å². The van der Waals surface area contributed by atoms with E-state index in [4.69, 9.17) is 0 Å². The lowest BCUT2D eigenvalue weighted by Gasteiger charge is -2.06. The number of aromatic nitrogens is 2. The van der Waals surface area contributed by atoms with Crippen molar-refractivity contribution in [1.29, 1.82) is 0 Å². The first-order chi connectivity index (χ1) is 7.66. The van der Waals surface area contributed by atoms with Crippen LogP contribution in [-0.4, -0.2) is 16.1 Å². The van der Waals surface area contributed by atoms with E-state index < -0.39 is 0 Å².